The molecule has 0 heterocycles. The van der Waals surface area contributed by atoms with Crippen LogP contribution in [-0.4, -0.2) is 37.6 Å². The lowest BCUT2D eigenvalue weighted by molar-refractivity contribution is 0.0604. The van der Waals surface area contributed by atoms with Gasteiger partial charge in [-0.2, -0.15) is 0 Å². The molecule has 2 nitrogen and oxygen atoms in total. The summed E-state index contributed by atoms with van der Waals surface area (Å²) in [4.78, 5) is 2.39. The maximum absolute atomic E-state index is 3.62. The van der Waals surface area contributed by atoms with Gasteiger partial charge in [-0.05, 0) is 51.9 Å². The molecule has 1 aromatic carbocycles. The first-order chi connectivity index (χ1) is 8.23. The number of benzene rings is 1. The molecule has 0 unspecified atom stereocenters. The van der Waals surface area contributed by atoms with Crippen molar-refractivity contribution in [3.05, 3.63) is 35.9 Å². The van der Waals surface area contributed by atoms with E-state index in [1.54, 1.807) is 0 Å². The predicted molar refractivity (Wildman–Crippen MR) is 73.3 cm³/mol. The second-order valence-electron chi connectivity index (χ2n) is 5.38. The van der Waals surface area contributed by atoms with Gasteiger partial charge in [-0.15, -0.1) is 0 Å². The molecular weight excluding hydrogens is 208 g/mol. The molecule has 0 bridgehead atoms. The van der Waals surface area contributed by atoms with E-state index < -0.39 is 0 Å². The number of nitrogens with zero attached hydrogens (tertiary/aromatic N) is 1. The number of hydrogen-bond donors (Lipinski definition) is 1. The second kappa shape index (κ2) is 5.65. The first kappa shape index (κ1) is 12.6. The van der Waals surface area contributed by atoms with E-state index in [4.69, 9.17) is 0 Å². The van der Waals surface area contributed by atoms with Gasteiger partial charge in [0.05, 0.1) is 0 Å². The van der Waals surface area contributed by atoms with E-state index in [2.05, 4.69) is 54.6 Å². The van der Waals surface area contributed by atoms with Crippen molar-refractivity contribution in [2.24, 2.45) is 0 Å². The largest absolute Gasteiger partial charge is 0.315 e. The Bertz CT molecular complexity index is 328. The molecule has 17 heavy (non-hydrogen) atoms. The Hall–Kier alpha value is -0.860. The lowest BCUT2D eigenvalue weighted by atomic mass is 9.75. The highest BCUT2D eigenvalue weighted by atomic mass is 15.2. The van der Waals surface area contributed by atoms with Gasteiger partial charge in [-0.25, -0.2) is 0 Å². The molecule has 2 rings (SSSR count). The van der Waals surface area contributed by atoms with E-state index in [9.17, 15) is 0 Å². The van der Waals surface area contributed by atoms with Crippen LogP contribution in [0.1, 0.15) is 24.8 Å². The van der Waals surface area contributed by atoms with Gasteiger partial charge in [0.25, 0.3) is 0 Å². The lowest BCUT2D eigenvalue weighted by Gasteiger charge is -2.47. The molecule has 0 radical (unpaired) electrons. The molecular formula is C15H24N2. The average Bonchev–Trinajstić information content (AvgIpc) is 2.27. The Labute approximate surface area is 105 Å². The summed E-state index contributed by atoms with van der Waals surface area (Å²) in [6.07, 6.45) is 5.21. The van der Waals surface area contributed by atoms with Gasteiger partial charge in [0.1, 0.15) is 0 Å². The predicted octanol–water partition coefficient (Wildman–Crippen LogP) is 2.30. The Morgan fingerprint density at radius 3 is 2.41 bits per heavy atom. The van der Waals surface area contributed by atoms with E-state index in [1.165, 1.54) is 24.8 Å². The van der Waals surface area contributed by atoms with Crippen LogP contribution in [0.2, 0.25) is 0 Å². The molecule has 94 valence electrons. The number of rotatable bonds is 6. The van der Waals surface area contributed by atoms with E-state index in [0.29, 0.717) is 5.54 Å². The van der Waals surface area contributed by atoms with E-state index in [-0.39, 0.29) is 0 Å². The summed E-state index contributed by atoms with van der Waals surface area (Å²) in [7, 11) is 4.41. The maximum atomic E-state index is 3.62. The zero-order valence-corrected chi connectivity index (χ0v) is 11.1. The maximum Gasteiger partial charge on any atom is 0.0327 e. The summed E-state index contributed by atoms with van der Waals surface area (Å²) in [5.74, 6) is 0. The van der Waals surface area contributed by atoms with Crippen LogP contribution in [0.5, 0.6) is 0 Å². The highest BCUT2D eigenvalue weighted by Gasteiger charge is 2.38. The van der Waals surface area contributed by atoms with Crippen LogP contribution in [0.3, 0.4) is 0 Å². The van der Waals surface area contributed by atoms with Gasteiger partial charge in [0, 0.05) is 12.1 Å². The highest BCUT2D eigenvalue weighted by Crippen LogP contribution is 2.35. The van der Waals surface area contributed by atoms with E-state index >= 15 is 0 Å². The van der Waals surface area contributed by atoms with Crippen molar-refractivity contribution < 1.29 is 0 Å². The minimum Gasteiger partial charge on any atom is -0.315 e. The van der Waals surface area contributed by atoms with Crippen LogP contribution in [0.15, 0.2) is 30.3 Å². The van der Waals surface area contributed by atoms with Gasteiger partial charge < -0.3 is 10.2 Å². The average molecular weight is 232 g/mol. The van der Waals surface area contributed by atoms with Crippen LogP contribution in [0.25, 0.3) is 0 Å². The van der Waals surface area contributed by atoms with Crippen LogP contribution < -0.4 is 5.32 Å². The Morgan fingerprint density at radius 1 is 1.18 bits per heavy atom. The number of nitrogens with one attached hydrogen (secondary N) is 1. The summed E-state index contributed by atoms with van der Waals surface area (Å²) in [6.45, 7) is 2.21. The van der Waals surface area contributed by atoms with Gasteiger partial charge in [-0.3, -0.25) is 0 Å². The molecule has 0 saturated heterocycles. The van der Waals surface area contributed by atoms with Crippen molar-refractivity contribution in [2.75, 3.05) is 27.2 Å². The lowest BCUT2D eigenvalue weighted by Crippen LogP contribution is -2.56. The minimum absolute atomic E-state index is 0.441. The van der Waals surface area contributed by atoms with Crippen molar-refractivity contribution in [2.45, 2.75) is 31.2 Å². The van der Waals surface area contributed by atoms with Crippen molar-refractivity contribution in [3.8, 4) is 0 Å². The third-order valence-corrected chi connectivity index (χ3v) is 4.12. The fourth-order valence-corrected chi connectivity index (χ4v) is 2.57. The fraction of sp³-hybridized carbons (Fsp3) is 0.600. The zero-order chi connectivity index (χ0) is 12.1. The Kier molecular flexibility index (Phi) is 4.19. The molecule has 1 aliphatic carbocycles. The van der Waals surface area contributed by atoms with Crippen LogP contribution in [0.4, 0.5) is 0 Å². The van der Waals surface area contributed by atoms with E-state index in [1.807, 2.05) is 0 Å². The summed E-state index contributed by atoms with van der Waals surface area (Å²) >= 11 is 0. The normalized spacial score (nSPS) is 18.1. The molecule has 1 aromatic rings. The molecule has 0 atom stereocenters. The summed E-state index contributed by atoms with van der Waals surface area (Å²) in [5.41, 5.74) is 1.86. The Balaban J connectivity index is 1.69. The molecule has 1 aliphatic rings. The molecule has 0 amide bonds. The van der Waals surface area contributed by atoms with Crippen molar-refractivity contribution >= 4 is 0 Å². The van der Waals surface area contributed by atoms with Gasteiger partial charge in [0.15, 0.2) is 0 Å². The molecule has 0 spiro atoms. The quantitative estimate of drug-likeness (QED) is 0.757. The van der Waals surface area contributed by atoms with Crippen LogP contribution in [0, 0.1) is 0 Å². The molecule has 0 aromatic heterocycles. The SMILES string of the molecule is CN(C)C1(CNCCc2ccccc2)CCC1. The van der Waals surface area contributed by atoms with Crippen LogP contribution >= 0.6 is 0 Å². The summed E-state index contributed by atoms with van der Waals surface area (Å²) < 4.78 is 0. The van der Waals surface area contributed by atoms with Crippen LogP contribution in [-0.2, 0) is 6.42 Å². The molecule has 2 heteroatoms. The highest BCUT2D eigenvalue weighted by molar-refractivity contribution is 5.14. The summed E-state index contributed by atoms with van der Waals surface area (Å²) in [5, 5.41) is 3.62. The van der Waals surface area contributed by atoms with Crippen molar-refractivity contribution in [1.82, 2.24) is 10.2 Å². The number of hydrogen-bond acceptors (Lipinski definition) is 2. The van der Waals surface area contributed by atoms with Gasteiger partial charge in [-0.1, -0.05) is 30.3 Å². The fourth-order valence-electron chi connectivity index (χ4n) is 2.57. The molecule has 0 aliphatic heterocycles. The van der Waals surface area contributed by atoms with Gasteiger partial charge in [0.2, 0.25) is 0 Å². The van der Waals surface area contributed by atoms with E-state index in [0.717, 1.165) is 19.5 Å². The summed E-state index contributed by atoms with van der Waals surface area (Å²) in [6, 6.07) is 10.7. The first-order valence-corrected chi connectivity index (χ1v) is 6.65. The molecule has 1 saturated carbocycles. The monoisotopic (exact) mass is 232 g/mol. The first-order valence-electron chi connectivity index (χ1n) is 6.65. The Morgan fingerprint density at radius 2 is 1.88 bits per heavy atom. The standard InChI is InChI=1S/C15H24N2/c1-17(2)15(10-6-11-15)13-16-12-9-14-7-4-3-5-8-14/h3-5,7-8,16H,6,9-13H2,1-2H3. The minimum atomic E-state index is 0.441. The third kappa shape index (κ3) is 3.08. The topological polar surface area (TPSA) is 15.3 Å². The van der Waals surface area contributed by atoms with Crippen molar-refractivity contribution in [1.29, 1.82) is 0 Å². The third-order valence-electron chi connectivity index (χ3n) is 4.12. The van der Waals surface area contributed by atoms with Crippen molar-refractivity contribution in [3.63, 3.8) is 0 Å². The van der Waals surface area contributed by atoms with Gasteiger partial charge >= 0.3 is 0 Å². The molecule has 1 fully saturated rings. The molecule has 1 N–H and O–H groups in total. The smallest absolute Gasteiger partial charge is 0.0327 e. The number of likely N-dealkylation sites (N-methyl/N-ethyl adjacent to an activating group) is 1. The second-order valence-corrected chi connectivity index (χ2v) is 5.38. The zero-order valence-electron chi connectivity index (χ0n) is 11.1.